The first-order chi connectivity index (χ1) is 15.3. The van der Waals surface area contributed by atoms with Crippen LogP contribution < -0.4 is 0 Å². The summed E-state index contributed by atoms with van der Waals surface area (Å²) in [7, 11) is 0. The molecule has 5 aliphatic rings. The number of aromatic amines is 1. The van der Waals surface area contributed by atoms with Crippen LogP contribution in [0.3, 0.4) is 0 Å². The second-order valence-corrected chi connectivity index (χ2v) is 10.7. The summed E-state index contributed by atoms with van der Waals surface area (Å²) in [6.07, 6.45) is 9.34. The van der Waals surface area contributed by atoms with Crippen LogP contribution in [0.15, 0.2) is 72.9 Å². The molecule has 4 bridgehead atoms. The van der Waals surface area contributed by atoms with Crippen LogP contribution >= 0.6 is 0 Å². The Labute approximate surface area is 183 Å². The number of rotatable bonds is 1. The van der Waals surface area contributed by atoms with E-state index in [-0.39, 0.29) is 5.41 Å². The van der Waals surface area contributed by atoms with Crippen LogP contribution in [0, 0.1) is 23.7 Å². The minimum absolute atomic E-state index is 0.249. The van der Waals surface area contributed by atoms with Gasteiger partial charge in [0.15, 0.2) is 0 Å². The van der Waals surface area contributed by atoms with Gasteiger partial charge < -0.3 is 4.98 Å². The summed E-state index contributed by atoms with van der Waals surface area (Å²) >= 11 is 0. The normalized spacial score (nSPS) is 32.0. The fraction of sp³-hybridized carbons (Fsp3) is 0.333. The van der Waals surface area contributed by atoms with Gasteiger partial charge >= 0.3 is 0 Å². The van der Waals surface area contributed by atoms with Gasteiger partial charge in [0.25, 0.3) is 0 Å². The number of nitrogens with one attached hydrogen (secondary N) is 1. The summed E-state index contributed by atoms with van der Waals surface area (Å²) in [4.78, 5) is 3.49. The molecule has 1 aromatic heterocycles. The lowest BCUT2D eigenvalue weighted by atomic mass is 9.43. The summed E-state index contributed by atoms with van der Waals surface area (Å²) < 4.78 is 0. The van der Waals surface area contributed by atoms with Crippen molar-refractivity contribution in [2.75, 3.05) is 0 Å². The van der Waals surface area contributed by atoms with Gasteiger partial charge in [-0.05, 0) is 101 Å². The summed E-state index contributed by atoms with van der Waals surface area (Å²) in [5, 5.41) is 1.30. The lowest BCUT2D eigenvalue weighted by Crippen LogP contribution is -2.55. The van der Waals surface area contributed by atoms with Gasteiger partial charge in [-0.15, -0.1) is 0 Å². The summed E-state index contributed by atoms with van der Waals surface area (Å²) in [6, 6.07) is 25.7. The number of hydrogen-bond donors (Lipinski definition) is 1. The number of aromatic nitrogens is 1. The van der Waals surface area contributed by atoms with Crippen molar-refractivity contribution in [3.8, 4) is 22.3 Å². The van der Waals surface area contributed by atoms with Gasteiger partial charge in [-0.1, -0.05) is 54.6 Å². The first-order valence-corrected chi connectivity index (χ1v) is 12.1. The van der Waals surface area contributed by atoms with Crippen LogP contribution in [0.2, 0.25) is 0 Å². The molecular weight excluding hydrogens is 374 g/mol. The van der Waals surface area contributed by atoms with Crippen molar-refractivity contribution in [3.63, 3.8) is 0 Å². The molecule has 4 saturated carbocycles. The standard InChI is InChI=1S/C30H27N/c1-2-7-27-25(5-1)26-9-8-21(24-6-3-4-20-10-11-31-29(20)24)17-28(26)30(27)22-13-18-12-19(15-22)16-23(30)14-18/h1-11,17-19,22-23,31H,12-16H2. The van der Waals surface area contributed by atoms with Gasteiger partial charge in [0, 0.05) is 17.2 Å². The lowest BCUT2D eigenvalue weighted by Gasteiger charge is -2.61. The van der Waals surface area contributed by atoms with E-state index in [1.807, 2.05) is 0 Å². The highest BCUT2D eigenvalue weighted by Gasteiger charge is 2.61. The predicted octanol–water partition coefficient (Wildman–Crippen LogP) is 7.56. The molecule has 1 N–H and O–H groups in total. The average molecular weight is 402 g/mol. The van der Waals surface area contributed by atoms with Crippen LogP contribution in [0.25, 0.3) is 33.2 Å². The van der Waals surface area contributed by atoms with E-state index in [1.54, 1.807) is 11.1 Å². The zero-order valence-corrected chi connectivity index (χ0v) is 17.8. The molecule has 9 rings (SSSR count). The highest BCUT2D eigenvalue weighted by Crippen LogP contribution is 2.69. The molecule has 1 spiro atoms. The van der Waals surface area contributed by atoms with Crippen molar-refractivity contribution >= 4 is 10.9 Å². The lowest BCUT2D eigenvalue weighted by molar-refractivity contribution is -0.0399. The Morgan fingerprint density at radius 2 is 1.39 bits per heavy atom. The third kappa shape index (κ3) is 1.99. The molecule has 0 amide bonds. The van der Waals surface area contributed by atoms with Crippen molar-refractivity contribution in [2.45, 2.75) is 37.5 Å². The Bertz CT molecular complexity index is 1330. The maximum Gasteiger partial charge on any atom is 0.0533 e. The van der Waals surface area contributed by atoms with Crippen LogP contribution in [0.4, 0.5) is 0 Å². The fourth-order valence-corrected chi connectivity index (χ4v) is 8.65. The number of benzene rings is 3. The SMILES string of the molecule is c1ccc2c(c1)-c1ccc(-c3cccc4cc[nH]c34)cc1C21C2CC3CC(C2)CC1C3. The molecule has 1 nitrogen and oxygen atoms in total. The van der Waals surface area contributed by atoms with E-state index in [0.29, 0.717) is 0 Å². The molecule has 0 radical (unpaired) electrons. The van der Waals surface area contributed by atoms with Crippen LogP contribution in [-0.4, -0.2) is 4.98 Å². The molecule has 0 atom stereocenters. The smallest absolute Gasteiger partial charge is 0.0533 e. The van der Waals surface area contributed by atoms with Crippen molar-refractivity contribution < 1.29 is 0 Å². The fourth-order valence-electron chi connectivity index (χ4n) is 8.65. The van der Waals surface area contributed by atoms with Crippen molar-refractivity contribution in [1.29, 1.82) is 0 Å². The van der Waals surface area contributed by atoms with Crippen molar-refractivity contribution in [1.82, 2.24) is 4.98 Å². The minimum atomic E-state index is 0.249. The molecule has 1 heteroatoms. The Morgan fingerprint density at radius 3 is 2.23 bits per heavy atom. The quantitative estimate of drug-likeness (QED) is 0.339. The van der Waals surface area contributed by atoms with Gasteiger partial charge in [-0.25, -0.2) is 0 Å². The van der Waals surface area contributed by atoms with Crippen LogP contribution in [-0.2, 0) is 5.41 Å². The molecule has 4 fully saturated rings. The van der Waals surface area contributed by atoms with Crippen molar-refractivity contribution in [2.24, 2.45) is 23.7 Å². The molecule has 4 aromatic rings. The molecule has 0 unspecified atom stereocenters. The Hall–Kier alpha value is -2.80. The van der Waals surface area contributed by atoms with Crippen LogP contribution in [0.1, 0.15) is 43.2 Å². The molecule has 31 heavy (non-hydrogen) atoms. The molecule has 1 heterocycles. The van der Waals surface area contributed by atoms with Crippen molar-refractivity contribution in [3.05, 3.63) is 84.1 Å². The topological polar surface area (TPSA) is 15.8 Å². The van der Waals surface area contributed by atoms with E-state index < -0.39 is 0 Å². The Kier molecular flexibility index (Phi) is 3.10. The maximum atomic E-state index is 3.49. The van der Waals surface area contributed by atoms with E-state index in [2.05, 4.69) is 77.9 Å². The summed E-state index contributed by atoms with van der Waals surface area (Å²) in [6.45, 7) is 0. The molecule has 0 aliphatic heterocycles. The van der Waals surface area contributed by atoms with E-state index >= 15 is 0 Å². The molecular formula is C30H27N. The summed E-state index contributed by atoms with van der Waals surface area (Å²) in [5.41, 5.74) is 10.5. The molecule has 152 valence electrons. The summed E-state index contributed by atoms with van der Waals surface area (Å²) in [5.74, 6) is 3.62. The second kappa shape index (κ2) is 5.71. The van der Waals surface area contributed by atoms with E-state index in [0.717, 1.165) is 23.7 Å². The number of para-hydroxylation sites is 1. The number of fused-ring (bicyclic) bond motifs is 4. The van der Waals surface area contributed by atoms with E-state index in [9.17, 15) is 0 Å². The predicted molar refractivity (Wildman–Crippen MR) is 127 cm³/mol. The Balaban J connectivity index is 1.41. The zero-order chi connectivity index (χ0) is 20.2. The molecule has 5 aliphatic carbocycles. The zero-order valence-electron chi connectivity index (χ0n) is 17.8. The largest absolute Gasteiger partial charge is 0.361 e. The highest BCUT2D eigenvalue weighted by molar-refractivity contribution is 5.95. The van der Waals surface area contributed by atoms with Crippen LogP contribution in [0.5, 0.6) is 0 Å². The monoisotopic (exact) mass is 401 g/mol. The minimum Gasteiger partial charge on any atom is -0.361 e. The maximum absolute atomic E-state index is 3.49. The highest BCUT2D eigenvalue weighted by atomic mass is 14.7. The van der Waals surface area contributed by atoms with E-state index in [4.69, 9.17) is 0 Å². The first-order valence-electron chi connectivity index (χ1n) is 12.1. The Morgan fingerprint density at radius 1 is 0.645 bits per heavy atom. The van der Waals surface area contributed by atoms with Gasteiger partial charge in [-0.3, -0.25) is 0 Å². The van der Waals surface area contributed by atoms with E-state index in [1.165, 1.54) is 65.3 Å². The first kappa shape index (κ1) is 16.8. The third-order valence-electron chi connectivity index (χ3n) is 9.45. The average Bonchev–Trinajstić information content (AvgIpc) is 3.38. The number of hydrogen-bond acceptors (Lipinski definition) is 0. The third-order valence-corrected chi connectivity index (χ3v) is 9.45. The van der Waals surface area contributed by atoms with Gasteiger partial charge in [0.2, 0.25) is 0 Å². The van der Waals surface area contributed by atoms with Gasteiger partial charge in [-0.2, -0.15) is 0 Å². The van der Waals surface area contributed by atoms with Gasteiger partial charge in [0.1, 0.15) is 0 Å². The molecule has 3 aromatic carbocycles. The molecule has 0 saturated heterocycles. The van der Waals surface area contributed by atoms with Gasteiger partial charge in [0.05, 0.1) is 5.52 Å². The second-order valence-electron chi connectivity index (χ2n) is 10.7. The number of H-pyrrole nitrogens is 1.